The number of carbonyl (C=O) groups excluding carboxylic acids is 1. The Balaban J connectivity index is 0. The monoisotopic (exact) mass is 131 g/mol. The molecule has 0 bridgehead atoms. The molecule has 1 saturated heterocycles. The molecule has 1 amide bonds. The molecule has 1 aliphatic heterocycles. The van der Waals surface area contributed by atoms with Gasteiger partial charge in [-0.3, -0.25) is 4.79 Å². The smallest absolute Gasteiger partial charge is 0.220 e. The van der Waals surface area contributed by atoms with E-state index in [2.05, 4.69) is 5.32 Å². The van der Waals surface area contributed by atoms with Crippen molar-refractivity contribution in [1.29, 1.82) is 0 Å². The molecule has 1 rings (SSSR count). The summed E-state index contributed by atoms with van der Waals surface area (Å²) < 4.78 is 0. The molecule has 2 nitrogen and oxygen atoms in total. The van der Waals surface area contributed by atoms with Gasteiger partial charge in [0.15, 0.2) is 0 Å². The Morgan fingerprint density at radius 2 is 2.00 bits per heavy atom. The third-order valence-corrected chi connectivity index (χ3v) is 0.903. The lowest BCUT2D eigenvalue weighted by Gasteiger charge is -1.80. The average molecular weight is 131 g/mol. The molecule has 56 valence electrons. The number of rotatable bonds is 0. The van der Waals surface area contributed by atoms with Crippen LogP contribution >= 0.6 is 0 Å². The van der Waals surface area contributed by atoms with Crippen molar-refractivity contribution in [2.75, 3.05) is 6.54 Å². The van der Waals surface area contributed by atoms with E-state index in [1.54, 1.807) is 0 Å². The van der Waals surface area contributed by atoms with E-state index in [9.17, 15) is 4.79 Å². The molecule has 1 heterocycles. The molecule has 1 N–H and O–H groups in total. The minimum atomic E-state index is 0. The van der Waals surface area contributed by atoms with Gasteiger partial charge in [0.05, 0.1) is 0 Å². The molecule has 0 saturated carbocycles. The maximum Gasteiger partial charge on any atom is 0.220 e. The predicted octanol–water partition coefficient (Wildman–Crippen LogP) is 1.56. The van der Waals surface area contributed by atoms with Gasteiger partial charge in [-0.05, 0) is 6.42 Å². The van der Waals surface area contributed by atoms with Crippen LogP contribution in [0.3, 0.4) is 0 Å². The molecule has 0 aliphatic carbocycles. The number of nitrogens with one attached hydrogen (secondary N) is 1. The van der Waals surface area contributed by atoms with Crippen molar-refractivity contribution in [1.82, 2.24) is 5.32 Å². The Morgan fingerprint density at radius 1 is 1.44 bits per heavy atom. The van der Waals surface area contributed by atoms with Crippen molar-refractivity contribution in [3.05, 3.63) is 0 Å². The van der Waals surface area contributed by atoms with E-state index in [0.717, 1.165) is 19.4 Å². The molecule has 0 atom stereocenters. The molecule has 0 radical (unpaired) electrons. The fourth-order valence-corrected chi connectivity index (χ4v) is 0.565. The van der Waals surface area contributed by atoms with Crippen molar-refractivity contribution in [2.45, 2.75) is 34.1 Å². The van der Waals surface area contributed by atoms with Gasteiger partial charge in [-0.2, -0.15) is 0 Å². The van der Waals surface area contributed by atoms with Crippen LogP contribution in [-0.4, -0.2) is 12.5 Å². The van der Waals surface area contributed by atoms with E-state index in [0.29, 0.717) is 0 Å². The molecule has 1 aliphatic rings. The quantitative estimate of drug-likeness (QED) is 0.531. The standard InChI is InChI=1S/C4H7NO.C2H6.CH4/c6-4-2-1-3-5-4;1-2;/h1-3H2,(H,5,6);1-2H3;1H4. The lowest BCUT2D eigenvalue weighted by atomic mass is 10.4. The molecule has 9 heavy (non-hydrogen) atoms. The Labute approximate surface area is 57.6 Å². The lowest BCUT2D eigenvalue weighted by molar-refractivity contribution is -0.119. The number of carbonyl (C=O) groups is 1. The van der Waals surface area contributed by atoms with Gasteiger partial charge in [0.25, 0.3) is 0 Å². The van der Waals surface area contributed by atoms with Crippen LogP contribution in [0, 0.1) is 0 Å². The van der Waals surface area contributed by atoms with Crippen LogP contribution in [0.4, 0.5) is 0 Å². The molecule has 0 spiro atoms. The second kappa shape index (κ2) is 7.47. The Bertz CT molecular complexity index is 63.3. The van der Waals surface area contributed by atoms with Gasteiger partial charge in [-0.1, -0.05) is 21.3 Å². The summed E-state index contributed by atoms with van der Waals surface area (Å²) in [4.78, 5) is 10.1. The van der Waals surface area contributed by atoms with E-state index >= 15 is 0 Å². The first-order valence-electron chi connectivity index (χ1n) is 3.16. The highest BCUT2D eigenvalue weighted by Gasteiger charge is 2.05. The highest BCUT2D eigenvalue weighted by atomic mass is 16.1. The maximum atomic E-state index is 10.1. The zero-order chi connectivity index (χ0) is 6.41. The first-order valence-corrected chi connectivity index (χ1v) is 3.16. The third kappa shape index (κ3) is 5.34. The van der Waals surface area contributed by atoms with Crippen molar-refractivity contribution in [2.24, 2.45) is 0 Å². The molecule has 0 aromatic carbocycles. The molecular formula is C7H17NO. The fraction of sp³-hybridized carbons (Fsp3) is 0.857. The fourth-order valence-electron chi connectivity index (χ4n) is 0.565. The summed E-state index contributed by atoms with van der Waals surface area (Å²) in [7, 11) is 0. The van der Waals surface area contributed by atoms with Gasteiger partial charge in [0.1, 0.15) is 0 Å². The first kappa shape index (κ1) is 11.3. The average Bonchev–Trinajstić information content (AvgIpc) is 2.24. The van der Waals surface area contributed by atoms with Gasteiger partial charge < -0.3 is 5.32 Å². The normalized spacial score (nSPS) is 14.7. The second-order valence-corrected chi connectivity index (χ2v) is 1.45. The molecule has 2 heteroatoms. The largest absolute Gasteiger partial charge is 0.356 e. The predicted molar refractivity (Wildman–Crippen MR) is 40.3 cm³/mol. The molecule has 0 aromatic rings. The van der Waals surface area contributed by atoms with E-state index in [1.807, 2.05) is 13.8 Å². The minimum Gasteiger partial charge on any atom is -0.356 e. The van der Waals surface area contributed by atoms with E-state index in [-0.39, 0.29) is 13.3 Å². The summed E-state index contributed by atoms with van der Waals surface area (Å²) >= 11 is 0. The van der Waals surface area contributed by atoms with Crippen LogP contribution < -0.4 is 5.32 Å². The van der Waals surface area contributed by atoms with Gasteiger partial charge in [0.2, 0.25) is 5.91 Å². The number of hydrogen-bond donors (Lipinski definition) is 1. The summed E-state index contributed by atoms with van der Waals surface area (Å²) in [5.41, 5.74) is 0. The number of amides is 1. The van der Waals surface area contributed by atoms with E-state index < -0.39 is 0 Å². The highest BCUT2D eigenvalue weighted by Crippen LogP contribution is 1.93. The second-order valence-electron chi connectivity index (χ2n) is 1.45. The van der Waals surface area contributed by atoms with Crippen LogP contribution in [-0.2, 0) is 4.79 Å². The van der Waals surface area contributed by atoms with Crippen molar-refractivity contribution >= 4 is 5.91 Å². The van der Waals surface area contributed by atoms with Crippen molar-refractivity contribution < 1.29 is 4.79 Å². The van der Waals surface area contributed by atoms with E-state index in [4.69, 9.17) is 0 Å². The van der Waals surface area contributed by atoms with Gasteiger partial charge in [-0.25, -0.2) is 0 Å². The summed E-state index contributed by atoms with van der Waals surface area (Å²) in [6.07, 6.45) is 1.76. The Morgan fingerprint density at radius 3 is 2.11 bits per heavy atom. The molecule has 0 aromatic heterocycles. The van der Waals surface area contributed by atoms with Crippen LogP contribution in [0.1, 0.15) is 34.1 Å². The lowest BCUT2D eigenvalue weighted by Crippen LogP contribution is -2.12. The van der Waals surface area contributed by atoms with Crippen LogP contribution in [0.15, 0.2) is 0 Å². The van der Waals surface area contributed by atoms with Crippen molar-refractivity contribution in [3.63, 3.8) is 0 Å². The van der Waals surface area contributed by atoms with Crippen LogP contribution in [0.5, 0.6) is 0 Å². The first-order chi connectivity index (χ1) is 3.89. The summed E-state index contributed by atoms with van der Waals surface area (Å²) in [5, 5.41) is 2.68. The SMILES string of the molecule is C.CC.O=C1CCCN1. The molecule has 0 unspecified atom stereocenters. The van der Waals surface area contributed by atoms with Crippen LogP contribution in [0.2, 0.25) is 0 Å². The Hall–Kier alpha value is -0.530. The van der Waals surface area contributed by atoms with Crippen molar-refractivity contribution in [3.8, 4) is 0 Å². The molecule has 1 fully saturated rings. The topological polar surface area (TPSA) is 29.1 Å². The Kier molecular flexibility index (Phi) is 9.37. The zero-order valence-corrected chi connectivity index (χ0v) is 5.53. The van der Waals surface area contributed by atoms with Crippen LogP contribution in [0.25, 0.3) is 0 Å². The minimum absolute atomic E-state index is 0. The number of hydrogen-bond acceptors (Lipinski definition) is 1. The highest BCUT2D eigenvalue weighted by molar-refractivity contribution is 5.77. The van der Waals surface area contributed by atoms with Gasteiger partial charge in [-0.15, -0.1) is 0 Å². The van der Waals surface area contributed by atoms with Gasteiger partial charge >= 0.3 is 0 Å². The summed E-state index contributed by atoms with van der Waals surface area (Å²) in [6, 6.07) is 0. The summed E-state index contributed by atoms with van der Waals surface area (Å²) in [5.74, 6) is 0.204. The zero-order valence-electron chi connectivity index (χ0n) is 5.53. The van der Waals surface area contributed by atoms with E-state index in [1.165, 1.54) is 0 Å². The maximum absolute atomic E-state index is 10.1. The summed E-state index contributed by atoms with van der Waals surface area (Å²) in [6.45, 7) is 4.89. The van der Waals surface area contributed by atoms with Gasteiger partial charge in [0, 0.05) is 13.0 Å². The third-order valence-electron chi connectivity index (χ3n) is 0.903. The molecular weight excluding hydrogens is 114 g/mol.